The summed E-state index contributed by atoms with van der Waals surface area (Å²) >= 11 is 0. The van der Waals surface area contributed by atoms with E-state index in [1.807, 2.05) is 28.9 Å². The minimum Gasteiger partial charge on any atom is -0.493 e. The SMILES string of the molecule is COc1ccccc1OCC(=O)NCCn1nc(-c2ccncc2)c2c1CCCC2. The van der Waals surface area contributed by atoms with Crippen LogP contribution in [0.15, 0.2) is 48.8 Å². The topological polar surface area (TPSA) is 78.3 Å². The predicted molar refractivity (Wildman–Crippen MR) is 114 cm³/mol. The molecule has 2 heterocycles. The summed E-state index contributed by atoms with van der Waals surface area (Å²) in [4.78, 5) is 16.3. The van der Waals surface area contributed by atoms with Gasteiger partial charge >= 0.3 is 0 Å². The van der Waals surface area contributed by atoms with Crippen molar-refractivity contribution in [3.8, 4) is 22.8 Å². The Bertz CT molecular complexity index is 1000. The van der Waals surface area contributed by atoms with Gasteiger partial charge in [-0.3, -0.25) is 14.5 Å². The van der Waals surface area contributed by atoms with Crippen molar-refractivity contribution < 1.29 is 14.3 Å². The number of methoxy groups -OCH3 is 1. The second-order valence-electron chi connectivity index (χ2n) is 7.23. The Morgan fingerprint density at radius 2 is 1.87 bits per heavy atom. The molecule has 1 amide bonds. The summed E-state index contributed by atoms with van der Waals surface area (Å²) in [5.74, 6) is 0.992. The summed E-state index contributed by atoms with van der Waals surface area (Å²) in [6, 6.07) is 11.3. The van der Waals surface area contributed by atoms with Gasteiger partial charge in [-0.05, 0) is 49.9 Å². The third-order valence-electron chi connectivity index (χ3n) is 5.28. The molecule has 0 aliphatic heterocycles. The third kappa shape index (κ3) is 4.45. The molecule has 30 heavy (non-hydrogen) atoms. The first-order valence-electron chi connectivity index (χ1n) is 10.3. The van der Waals surface area contributed by atoms with Gasteiger partial charge < -0.3 is 14.8 Å². The van der Waals surface area contributed by atoms with E-state index in [9.17, 15) is 4.79 Å². The van der Waals surface area contributed by atoms with Gasteiger partial charge in [-0.2, -0.15) is 5.10 Å². The van der Waals surface area contributed by atoms with Crippen LogP contribution in [-0.4, -0.2) is 40.9 Å². The normalized spacial score (nSPS) is 12.8. The van der Waals surface area contributed by atoms with Gasteiger partial charge in [-0.1, -0.05) is 12.1 Å². The number of aromatic nitrogens is 3. The lowest BCUT2D eigenvalue weighted by atomic mass is 9.94. The van der Waals surface area contributed by atoms with Crippen molar-refractivity contribution in [3.63, 3.8) is 0 Å². The van der Waals surface area contributed by atoms with Crippen molar-refractivity contribution >= 4 is 5.91 Å². The number of hydrogen-bond donors (Lipinski definition) is 1. The highest BCUT2D eigenvalue weighted by Crippen LogP contribution is 2.31. The van der Waals surface area contributed by atoms with Crippen molar-refractivity contribution in [1.29, 1.82) is 0 Å². The number of ether oxygens (including phenoxy) is 2. The maximum absolute atomic E-state index is 12.2. The van der Waals surface area contributed by atoms with Gasteiger partial charge in [-0.15, -0.1) is 0 Å². The Labute approximate surface area is 176 Å². The molecule has 0 saturated heterocycles. The van der Waals surface area contributed by atoms with Gasteiger partial charge in [0.05, 0.1) is 19.3 Å². The van der Waals surface area contributed by atoms with Gasteiger partial charge in [-0.25, -0.2) is 0 Å². The lowest BCUT2D eigenvalue weighted by Crippen LogP contribution is -2.32. The van der Waals surface area contributed by atoms with E-state index in [2.05, 4.69) is 10.3 Å². The van der Waals surface area contributed by atoms with Gasteiger partial charge in [0.1, 0.15) is 0 Å². The fourth-order valence-corrected chi connectivity index (χ4v) is 3.83. The van der Waals surface area contributed by atoms with Crippen LogP contribution in [0.25, 0.3) is 11.3 Å². The number of para-hydroxylation sites is 2. The van der Waals surface area contributed by atoms with Crippen LogP contribution in [0, 0.1) is 0 Å². The number of hydrogen-bond acceptors (Lipinski definition) is 5. The minimum absolute atomic E-state index is 0.0557. The average Bonchev–Trinajstić information content (AvgIpc) is 3.17. The number of benzene rings is 1. The maximum atomic E-state index is 12.2. The molecule has 7 nitrogen and oxygen atoms in total. The number of carbonyl (C=O) groups is 1. The standard InChI is InChI=1S/C23H26N4O3/c1-29-20-8-4-5-9-21(20)30-16-22(28)25-14-15-27-19-7-3-2-6-18(19)23(26-27)17-10-12-24-13-11-17/h4-5,8-13H,2-3,6-7,14-16H2,1H3,(H,25,28). The first kappa shape index (κ1) is 19.9. The highest BCUT2D eigenvalue weighted by Gasteiger charge is 2.21. The first-order valence-corrected chi connectivity index (χ1v) is 10.3. The monoisotopic (exact) mass is 406 g/mol. The number of nitrogens with zero attached hydrogens (tertiary/aromatic N) is 3. The molecule has 0 fully saturated rings. The summed E-state index contributed by atoms with van der Waals surface area (Å²) in [5.41, 5.74) is 4.75. The fourth-order valence-electron chi connectivity index (χ4n) is 3.83. The smallest absolute Gasteiger partial charge is 0.258 e. The van der Waals surface area contributed by atoms with Crippen LogP contribution in [0.3, 0.4) is 0 Å². The lowest BCUT2D eigenvalue weighted by Gasteiger charge is -2.15. The fraction of sp³-hybridized carbons (Fsp3) is 0.348. The Hall–Kier alpha value is -3.35. The molecule has 1 aromatic carbocycles. The Morgan fingerprint density at radius 1 is 1.10 bits per heavy atom. The first-order chi connectivity index (χ1) is 14.8. The molecule has 1 aliphatic carbocycles. The molecule has 3 aromatic rings. The number of carbonyl (C=O) groups excluding carboxylic acids is 1. The molecule has 4 rings (SSSR count). The van der Waals surface area contributed by atoms with Crippen LogP contribution >= 0.6 is 0 Å². The highest BCUT2D eigenvalue weighted by atomic mass is 16.5. The van der Waals surface area contributed by atoms with Gasteiger partial charge in [0.25, 0.3) is 5.91 Å². The average molecular weight is 406 g/mol. The molecule has 0 unspecified atom stereocenters. The van der Waals surface area contributed by atoms with Gasteiger partial charge in [0.15, 0.2) is 18.1 Å². The molecule has 7 heteroatoms. The number of fused-ring (bicyclic) bond motifs is 1. The minimum atomic E-state index is -0.170. The van der Waals surface area contributed by atoms with E-state index in [0.29, 0.717) is 24.6 Å². The molecule has 1 aliphatic rings. The van der Waals surface area contributed by atoms with Crippen molar-refractivity contribution in [3.05, 3.63) is 60.0 Å². The molecular formula is C23H26N4O3. The zero-order valence-electron chi connectivity index (χ0n) is 17.1. The number of pyridine rings is 1. The molecule has 156 valence electrons. The molecule has 2 aromatic heterocycles. The van der Waals surface area contributed by atoms with Crippen molar-refractivity contribution in [2.75, 3.05) is 20.3 Å². The molecule has 0 spiro atoms. The second kappa shape index (κ2) is 9.43. The van der Waals surface area contributed by atoms with E-state index in [4.69, 9.17) is 14.6 Å². The van der Waals surface area contributed by atoms with Crippen LogP contribution in [0.4, 0.5) is 0 Å². The third-order valence-corrected chi connectivity index (χ3v) is 5.28. The Balaban J connectivity index is 1.36. The van der Waals surface area contributed by atoms with Crippen LogP contribution < -0.4 is 14.8 Å². The number of amides is 1. The number of rotatable bonds is 8. The molecule has 0 radical (unpaired) electrons. The van der Waals surface area contributed by atoms with E-state index >= 15 is 0 Å². The maximum Gasteiger partial charge on any atom is 0.258 e. The Morgan fingerprint density at radius 3 is 2.67 bits per heavy atom. The molecule has 1 N–H and O–H groups in total. The van der Waals surface area contributed by atoms with Crippen LogP contribution in [0.5, 0.6) is 11.5 Å². The van der Waals surface area contributed by atoms with Crippen molar-refractivity contribution in [2.45, 2.75) is 32.2 Å². The van der Waals surface area contributed by atoms with E-state index in [1.165, 1.54) is 24.1 Å². The molecule has 0 saturated carbocycles. The zero-order valence-corrected chi connectivity index (χ0v) is 17.1. The second-order valence-corrected chi connectivity index (χ2v) is 7.23. The summed E-state index contributed by atoms with van der Waals surface area (Å²) in [7, 11) is 1.58. The van der Waals surface area contributed by atoms with Crippen LogP contribution in [0.1, 0.15) is 24.1 Å². The number of nitrogens with one attached hydrogen (secondary N) is 1. The van der Waals surface area contributed by atoms with Gasteiger partial charge in [0, 0.05) is 35.8 Å². The van der Waals surface area contributed by atoms with E-state index in [0.717, 1.165) is 24.1 Å². The summed E-state index contributed by atoms with van der Waals surface area (Å²) in [6.45, 7) is 1.08. The van der Waals surface area contributed by atoms with Gasteiger partial charge in [0.2, 0.25) is 0 Å². The quantitative estimate of drug-likeness (QED) is 0.622. The molecular weight excluding hydrogens is 380 g/mol. The van der Waals surface area contributed by atoms with Crippen molar-refractivity contribution in [2.24, 2.45) is 0 Å². The van der Waals surface area contributed by atoms with E-state index in [-0.39, 0.29) is 12.5 Å². The lowest BCUT2D eigenvalue weighted by molar-refractivity contribution is -0.123. The van der Waals surface area contributed by atoms with Crippen molar-refractivity contribution in [1.82, 2.24) is 20.1 Å². The van der Waals surface area contributed by atoms with E-state index in [1.54, 1.807) is 31.6 Å². The van der Waals surface area contributed by atoms with Crippen LogP contribution in [0.2, 0.25) is 0 Å². The zero-order chi connectivity index (χ0) is 20.8. The predicted octanol–water partition coefficient (Wildman–Crippen LogP) is 3.03. The molecule has 0 bridgehead atoms. The highest BCUT2D eigenvalue weighted by molar-refractivity contribution is 5.77. The van der Waals surface area contributed by atoms with E-state index < -0.39 is 0 Å². The summed E-state index contributed by atoms with van der Waals surface area (Å²) in [5, 5.41) is 7.78. The van der Waals surface area contributed by atoms with Crippen LogP contribution in [-0.2, 0) is 24.2 Å². The largest absolute Gasteiger partial charge is 0.493 e. The summed E-state index contributed by atoms with van der Waals surface area (Å²) in [6.07, 6.45) is 8.03. The summed E-state index contributed by atoms with van der Waals surface area (Å²) < 4.78 is 12.9. The Kier molecular flexibility index (Phi) is 6.27. The molecule has 0 atom stereocenters.